The molecule has 1 aliphatic rings. The first-order valence-corrected chi connectivity index (χ1v) is 8.80. The lowest BCUT2D eigenvalue weighted by molar-refractivity contribution is 0.389. The van der Waals surface area contributed by atoms with Gasteiger partial charge in [-0.2, -0.15) is 4.98 Å². The predicted molar refractivity (Wildman–Crippen MR) is 99.3 cm³/mol. The number of benzene rings is 2. The Morgan fingerprint density at radius 2 is 2.00 bits per heavy atom. The third-order valence-corrected chi connectivity index (χ3v) is 5.56. The van der Waals surface area contributed by atoms with E-state index in [-0.39, 0.29) is 17.9 Å². The number of fused-ring (bicyclic) bond motifs is 4. The Bertz CT molecular complexity index is 1240. The van der Waals surface area contributed by atoms with Crippen molar-refractivity contribution >= 4 is 49.6 Å². The maximum atomic E-state index is 12.4. The second-order valence-corrected chi connectivity index (χ2v) is 7.26. The zero-order valence-electron chi connectivity index (χ0n) is 12.7. The van der Waals surface area contributed by atoms with Gasteiger partial charge in [-0.3, -0.25) is 4.79 Å². The molecule has 0 saturated heterocycles. The third-order valence-electron chi connectivity index (χ3n) is 4.27. The number of thiazole rings is 1. The molecule has 2 aromatic carbocycles. The number of rotatable bonds is 1. The Labute approximate surface area is 150 Å². The molecule has 2 aromatic heterocycles. The summed E-state index contributed by atoms with van der Waals surface area (Å²) in [5.41, 5.74) is 1.68. The number of nitrogens with zero attached hydrogens (tertiary/aromatic N) is 3. The van der Waals surface area contributed by atoms with E-state index in [0.717, 1.165) is 10.2 Å². The van der Waals surface area contributed by atoms with Gasteiger partial charge in [-0.25, -0.2) is 4.98 Å². The number of aromatic nitrogens is 3. The molecule has 0 unspecified atom stereocenters. The third kappa shape index (κ3) is 2.11. The smallest absolute Gasteiger partial charge is 0.281 e. The Balaban J connectivity index is 1.80. The lowest BCUT2D eigenvalue weighted by atomic mass is 10.2. The number of hydrogen-bond donors (Lipinski definition) is 1. The minimum absolute atomic E-state index is 0.151. The van der Waals surface area contributed by atoms with Crippen molar-refractivity contribution in [1.82, 2.24) is 14.5 Å². The van der Waals surface area contributed by atoms with Crippen LogP contribution in [0.4, 0.5) is 0 Å². The molecule has 0 radical (unpaired) electrons. The Morgan fingerprint density at radius 1 is 1.16 bits per heavy atom. The van der Waals surface area contributed by atoms with Gasteiger partial charge < -0.3 is 9.67 Å². The van der Waals surface area contributed by atoms with E-state index in [4.69, 9.17) is 11.6 Å². The van der Waals surface area contributed by atoms with Gasteiger partial charge in [0.2, 0.25) is 0 Å². The van der Waals surface area contributed by atoms with Crippen molar-refractivity contribution in [2.45, 2.75) is 6.54 Å². The number of allylic oxidation sites excluding steroid dienone is 1. The SMILES string of the molecule is O=c1nc2n(c3cc(Cl)ccc13)CC(O)=C2c1nc2ccccc2s1. The molecule has 5 rings (SSSR count). The van der Waals surface area contributed by atoms with Crippen LogP contribution in [0.15, 0.2) is 53.0 Å². The topological polar surface area (TPSA) is 68.0 Å². The number of para-hydroxylation sites is 1. The Morgan fingerprint density at radius 3 is 2.84 bits per heavy atom. The second-order valence-electron chi connectivity index (χ2n) is 5.80. The molecule has 7 heteroatoms. The molecule has 3 heterocycles. The summed E-state index contributed by atoms with van der Waals surface area (Å²) in [7, 11) is 0. The Hall–Kier alpha value is -2.70. The van der Waals surface area contributed by atoms with E-state index in [2.05, 4.69) is 9.97 Å². The van der Waals surface area contributed by atoms with E-state index in [9.17, 15) is 9.90 Å². The molecule has 0 saturated carbocycles. The van der Waals surface area contributed by atoms with Crippen molar-refractivity contribution in [2.24, 2.45) is 0 Å². The fourth-order valence-electron chi connectivity index (χ4n) is 3.15. The van der Waals surface area contributed by atoms with Gasteiger partial charge in [0.15, 0.2) is 5.82 Å². The van der Waals surface area contributed by atoms with E-state index in [1.807, 2.05) is 24.3 Å². The van der Waals surface area contributed by atoms with Crippen LogP contribution in [0.5, 0.6) is 0 Å². The average Bonchev–Trinajstić information content (AvgIpc) is 3.15. The monoisotopic (exact) mass is 367 g/mol. The first-order chi connectivity index (χ1) is 12.1. The van der Waals surface area contributed by atoms with Gasteiger partial charge in [-0.05, 0) is 30.3 Å². The van der Waals surface area contributed by atoms with Crippen molar-refractivity contribution in [3.8, 4) is 0 Å². The summed E-state index contributed by atoms with van der Waals surface area (Å²) in [6.45, 7) is 0.241. The van der Waals surface area contributed by atoms with E-state index >= 15 is 0 Å². The summed E-state index contributed by atoms with van der Waals surface area (Å²) < 4.78 is 2.82. The fourth-order valence-corrected chi connectivity index (χ4v) is 4.34. The minimum Gasteiger partial charge on any atom is -0.510 e. The molecule has 1 N–H and O–H groups in total. The van der Waals surface area contributed by atoms with Crippen molar-refractivity contribution in [3.63, 3.8) is 0 Å². The second kappa shape index (κ2) is 5.15. The van der Waals surface area contributed by atoms with Gasteiger partial charge in [0, 0.05) is 5.02 Å². The standard InChI is InChI=1S/C18H10ClN3O2S/c19-9-5-6-10-12(7-9)22-8-13(23)15(16(22)21-17(10)24)18-20-11-3-1-2-4-14(11)25-18/h1-7,23H,8H2. The highest BCUT2D eigenvalue weighted by Crippen LogP contribution is 2.36. The number of hydrogen-bond acceptors (Lipinski definition) is 5. The number of aliphatic hydroxyl groups excluding tert-OH is 1. The van der Waals surface area contributed by atoms with Crippen LogP contribution in [0.2, 0.25) is 5.02 Å². The van der Waals surface area contributed by atoms with Crippen LogP contribution >= 0.6 is 22.9 Å². The summed E-state index contributed by atoms with van der Waals surface area (Å²) in [5.74, 6) is 0.578. The normalized spacial score (nSPS) is 13.8. The van der Waals surface area contributed by atoms with E-state index in [0.29, 0.717) is 32.3 Å². The minimum atomic E-state index is -0.341. The average molecular weight is 368 g/mol. The van der Waals surface area contributed by atoms with Gasteiger partial charge in [-0.1, -0.05) is 23.7 Å². The van der Waals surface area contributed by atoms with Gasteiger partial charge in [0.25, 0.3) is 5.56 Å². The molecule has 0 fully saturated rings. The highest BCUT2D eigenvalue weighted by Gasteiger charge is 2.28. The molecule has 0 spiro atoms. The van der Waals surface area contributed by atoms with E-state index < -0.39 is 0 Å². The molecule has 5 nitrogen and oxygen atoms in total. The van der Waals surface area contributed by atoms with Crippen LogP contribution in [0, 0.1) is 0 Å². The molecule has 25 heavy (non-hydrogen) atoms. The highest BCUT2D eigenvalue weighted by molar-refractivity contribution is 7.19. The van der Waals surface area contributed by atoms with Gasteiger partial charge in [0.1, 0.15) is 10.8 Å². The van der Waals surface area contributed by atoms with Crippen molar-refractivity contribution in [3.05, 3.63) is 74.4 Å². The zero-order chi connectivity index (χ0) is 17.1. The summed E-state index contributed by atoms with van der Waals surface area (Å²) >= 11 is 7.56. The highest BCUT2D eigenvalue weighted by atomic mass is 35.5. The Kier molecular flexibility index (Phi) is 3.01. The van der Waals surface area contributed by atoms with Gasteiger partial charge in [0.05, 0.1) is 33.2 Å². The quantitative estimate of drug-likeness (QED) is 0.552. The summed E-state index contributed by atoms with van der Waals surface area (Å²) in [6, 6.07) is 12.8. The van der Waals surface area contributed by atoms with Crippen LogP contribution in [-0.4, -0.2) is 19.6 Å². The molecule has 1 aliphatic heterocycles. The van der Waals surface area contributed by atoms with Crippen molar-refractivity contribution < 1.29 is 5.11 Å². The molecular formula is C18H10ClN3O2S. The number of aliphatic hydroxyl groups is 1. The van der Waals surface area contributed by atoms with Gasteiger partial charge in [-0.15, -0.1) is 11.3 Å². The maximum absolute atomic E-state index is 12.4. The van der Waals surface area contributed by atoms with Crippen LogP contribution in [-0.2, 0) is 6.54 Å². The molecule has 0 atom stereocenters. The predicted octanol–water partition coefficient (Wildman–Crippen LogP) is 3.99. The van der Waals surface area contributed by atoms with E-state index in [1.165, 1.54) is 11.3 Å². The first kappa shape index (κ1) is 14.6. The van der Waals surface area contributed by atoms with Crippen molar-refractivity contribution in [2.75, 3.05) is 0 Å². The molecule has 0 amide bonds. The molecule has 0 aliphatic carbocycles. The van der Waals surface area contributed by atoms with Crippen LogP contribution < -0.4 is 5.56 Å². The van der Waals surface area contributed by atoms with Crippen LogP contribution in [0.3, 0.4) is 0 Å². The fraction of sp³-hybridized carbons (Fsp3) is 0.0556. The molecule has 0 bridgehead atoms. The summed E-state index contributed by atoms with van der Waals surface area (Å²) in [4.78, 5) is 21.2. The molecular weight excluding hydrogens is 358 g/mol. The van der Waals surface area contributed by atoms with E-state index in [1.54, 1.807) is 22.8 Å². The summed E-state index contributed by atoms with van der Waals surface area (Å²) in [6.07, 6.45) is 0. The lowest BCUT2D eigenvalue weighted by Crippen LogP contribution is -2.15. The summed E-state index contributed by atoms with van der Waals surface area (Å²) in [5, 5.41) is 12.2. The maximum Gasteiger partial charge on any atom is 0.281 e. The van der Waals surface area contributed by atoms with Crippen LogP contribution in [0.25, 0.3) is 26.7 Å². The van der Waals surface area contributed by atoms with Crippen molar-refractivity contribution in [1.29, 1.82) is 0 Å². The largest absolute Gasteiger partial charge is 0.510 e. The first-order valence-electron chi connectivity index (χ1n) is 7.60. The van der Waals surface area contributed by atoms with Gasteiger partial charge >= 0.3 is 0 Å². The zero-order valence-corrected chi connectivity index (χ0v) is 14.3. The lowest BCUT2D eigenvalue weighted by Gasteiger charge is -2.09. The number of halogens is 1. The molecule has 122 valence electrons. The van der Waals surface area contributed by atoms with Crippen LogP contribution in [0.1, 0.15) is 10.8 Å². The molecule has 4 aromatic rings.